The lowest BCUT2D eigenvalue weighted by Crippen LogP contribution is -2.24. The first-order chi connectivity index (χ1) is 13.2. The molecular weight excluding hydrogens is 338 g/mol. The Morgan fingerprint density at radius 3 is 2.22 bits per heavy atom. The topological polar surface area (TPSA) is 61.4 Å². The molecule has 1 aliphatic heterocycles. The smallest absolute Gasteiger partial charge is 0.255 e. The van der Waals surface area contributed by atoms with Crippen molar-refractivity contribution in [2.45, 2.75) is 32.2 Å². The van der Waals surface area contributed by atoms with Crippen molar-refractivity contribution in [3.63, 3.8) is 0 Å². The Balaban J connectivity index is 1.31. The summed E-state index contributed by atoms with van der Waals surface area (Å²) >= 11 is 0. The number of hydrogen-bond acceptors (Lipinski definition) is 3. The minimum absolute atomic E-state index is 0.127. The van der Waals surface area contributed by atoms with Gasteiger partial charge in [-0.3, -0.25) is 9.59 Å². The SMILES string of the molecule is O=C(Nc1ccc(N2CCCC2)cc1)c1ccc(CNC(=O)C2CC2)cc1. The molecule has 2 aliphatic rings. The third kappa shape index (κ3) is 4.48. The van der Waals surface area contributed by atoms with Gasteiger partial charge in [0.05, 0.1) is 0 Å². The molecule has 2 N–H and O–H groups in total. The second kappa shape index (κ2) is 7.82. The van der Waals surface area contributed by atoms with E-state index in [1.54, 1.807) is 12.1 Å². The zero-order valence-corrected chi connectivity index (χ0v) is 15.4. The van der Waals surface area contributed by atoms with Crippen LogP contribution in [0.4, 0.5) is 11.4 Å². The Bertz CT molecular complexity index is 804. The van der Waals surface area contributed by atoms with Gasteiger partial charge in [-0.2, -0.15) is 0 Å². The van der Waals surface area contributed by atoms with Crippen LogP contribution < -0.4 is 15.5 Å². The van der Waals surface area contributed by atoms with Crippen molar-refractivity contribution in [3.8, 4) is 0 Å². The van der Waals surface area contributed by atoms with Gasteiger partial charge in [0, 0.05) is 42.5 Å². The Morgan fingerprint density at radius 2 is 1.59 bits per heavy atom. The molecule has 0 atom stereocenters. The van der Waals surface area contributed by atoms with E-state index in [0.717, 1.165) is 37.2 Å². The summed E-state index contributed by atoms with van der Waals surface area (Å²) in [4.78, 5) is 26.5. The third-order valence-electron chi connectivity index (χ3n) is 5.23. The number of hydrogen-bond donors (Lipinski definition) is 2. The fourth-order valence-electron chi connectivity index (χ4n) is 3.39. The van der Waals surface area contributed by atoms with E-state index in [1.807, 2.05) is 24.3 Å². The van der Waals surface area contributed by atoms with E-state index in [-0.39, 0.29) is 17.7 Å². The van der Waals surface area contributed by atoms with Gasteiger partial charge in [0.2, 0.25) is 5.91 Å². The Labute approximate surface area is 159 Å². The first-order valence-corrected chi connectivity index (χ1v) is 9.72. The molecule has 1 aliphatic carbocycles. The Kier molecular flexibility index (Phi) is 5.10. The standard InChI is InChI=1S/C22H25N3O2/c26-21(17-7-8-17)23-15-16-3-5-18(6-4-16)22(27)24-19-9-11-20(12-10-19)25-13-1-2-14-25/h3-6,9-12,17H,1-2,7-8,13-15H2,(H,23,26)(H,24,27). The van der Waals surface area contributed by atoms with Crippen molar-refractivity contribution in [1.29, 1.82) is 0 Å². The molecule has 0 spiro atoms. The summed E-state index contributed by atoms with van der Waals surface area (Å²) in [6.45, 7) is 2.73. The average Bonchev–Trinajstić information content (AvgIpc) is 3.41. The predicted molar refractivity (Wildman–Crippen MR) is 107 cm³/mol. The van der Waals surface area contributed by atoms with E-state index in [0.29, 0.717) is 12.1 Å². The lowest BCUT2D eigenvalue weighted by atomic mass is 10.1. The van der Waals surface area contributed by atoms with Crippen molar-refractivity contribution >= 4 is 23.2 Å². The van der Waals surface area contributed by atoms with Crippen LogP contribution >= 0.6 is 0 Å². The van der Waals surface area contributed by atoms with E-state index in [9.17, 15) is 9.59 Å². The summed E-state index contributed by atoms with van der Waals surface area (Å²) in [5, 5.41) is 5.88. The number of nitrogens with one attached hydrogen (secondary N) is 2. The van der Waals surface area contributed by atoms with Crippen LogP contribution in [0.2, 0.25) is 0 Å². The molecule has 27 heavy (non-hydrogen) atoms. The molecule has 0 aromatic heterocycles. The molecule has 4 rings (SSSR count). The molecule has 2 aromatic rings. The van der Waals surface area contributed by atoms with Crippen molar-refractivity contribution in [2.24, 2.45) is 5.92 Å². The first-order valence-electron chi connectivity index (χ1n) is 9.72. The predicted octanol–water partition coefficient (Wildman–Crippen LogP) is 3.57. The lowest BCUT2D eigenvalue weighted by molar-refractivity contribution is -0.122. The number of carbonyl (C=O) groups excluding carboxylic acids is 2. The van der Waals surface area contributed by atoms with Gasteiger partial charge in [0.1, 0.15) is 0 Å². The molecule has 140 valence electrons. The molecule has 2 aromatic carbocycles. The van der Waals surface area contributed by atoms with Gasteiger partial charge in [0.15, 0.2) is 0 Å². The van der Waals surface area contributed by atoms with Gasteiger partial charge >= 0.3 is 0 Å². The highest BCUT2D eigenvalue weighted by Gasteiger charge is 2.29. The molecule has 1 heterocycles. The number of benzene rings is 2. The highest BCUT2D eigenvalue weighted by Crippen LogP contribution is 2.28. The molecule has 1 saturated carbocycles. The maximum atomic E-state index is 12.4. The van der Waals surface area contributed by atoms with E-state index in [2.05, 4.69) is 27.7 Å². The van der Waals surface area contributed by atoms with E-state index >= 15 is 0 Å². The van der Waals surface area contributed by atoms with Crippen molar-refractivity contribution < 1.29 is 9.59 Å². The normalized spacial score (nSPS) is 16.2. The van der Waals surface area contributed by atoms with Gasteiger partial charge < -0.3 is 15.5 Å². The highest BCUT2D eigenvalue weighted by molar-refractivity contribution is 6.04. The molecule has 0 radical (unpaired) electrons. The maximum absolute atomic E-state index is 12.4. The fourth-order valence-corrected chi connectivity index (χ4v) is 3.39. The number of rotatable bonds is 6. The number of anilines is 2. The van der Waals surface area contributed by atoms with Crippen LogP contribution in [0.25, 0.3) is 0 Å². The van der Waals surface area contributed by atoms with Crippen LogP contribution in [0.5, 0.6) is 0 Å². The van der Waals surface area contributed by atoms with Crippen molar-refractivity contribution in [1.82, 2.24) is 5.32 Å². The van der Waals surface area contributed by atoms with Crippen LogP contribution in [0.3, 0.4) is 0 Å². The zero-order chi connectivity index (χ0) is 18.6. The highest BCUT2D eigenvalue weighted by atomic mass is 16.2. The van der Waals surface area contributed by atoms with Crippen LogP contribution in [0.1, 0.15) is 41.6 Å². The van der Waals surface area contributed by atoms with Gasteiger partial charge in [-0.1, -0.05) is 12.1 Å². The van der Waals surface area contributed by atoms with Crippen LogP contribution in [0, 0.1) is 5.92 Å². The van der Waals surface area contributed by atoms with Gasteiger partial charge in [-0.15, -0.1) is 0 Å². The van der Waals surface area contributed by atoms with E-state index < -0.39 is 0 Å². The summed E-state index contributed by atoms with van der Waals surface area (Å²) in [7, 11) is 0. The molecule has 2 amide bonds. The molecule has 2 fully saturated rings. The number of amides is 2. The number of carbonyl (C=O) groups is 2. The third-order valence-corrected chi connectivity index (χ3v) is 5.23. The van der Waals surface area contributed by atoms with Gasteiger partial charge in [-0.05, 0) is 67.6 Å². The zero-order valence-electron chi connectivity index (χ0n) is 15.4. The van der Waals surface area contributed by atoms with Crippen LogP contribution in [-0.4, -0.2) is 24.9 Å². The quantitative estimate of drug-likeness (QED) is 0.825. The summed E-state index contributed by atoms with van der Waals surface area (Å²) in [5.41, 5.74) is 3.61. The van der Waals surface area contributed by atoms with E-state index in [4.69, 9.17) is 0 Å². The Morgan fingerprint density at radius 1 is 0.926 bits per heavy atom. The van der Waals surface area contributed by atoms with Crippen LogP contribution in [0.15, 0.2) is 48.5 Å². The second-order valence-corrected chi connectivity index (χ2v) is 7.38. The molecular formula is C22H25N3O2. The Hall–Kier alpha value is -2.82. The van der Waals surface area contributed by atoms with Crippen molar-refractivity contribution in [3.05, 3.63) is 59.7 Å². The van der Waals surface area contributed by atoms with E-state index in [1.165, 1.54) is 18.5 Å². The summed E-state index contributed by atoms with van der Waals surface area (Å²) in [6.07, 6.45) is 4.51. The first kappa shape index (κ1) is 17.6. The summed E-state index contributed by atoms with van der Waals surface area (Å²) in [6, 6.07) is 15.4. The molecule has 0 unspecified atom stereocenters. The maximum Gasteiger partial charge on any atom is 0.255 e. The van der Waals surface area contributed by atoms with Gasteiger partial charge in [-0.25, -0.2) is 0 Å². The molecule has 0 bridgehead atoms. The summed E-state index contributed by atoms with van der Waals surface area (Å²) in [5.74, 6) is 0.221. The monoisotopic (exact) mass is 363 g/mol. The molecule has 5 heteroatoms. The lowest BCUT2D eigenvalue weighted by Gasteiger charge is -2.17. The molecule has 1 saturated heterocycles. The fraction of sp³-hybridized carbons (Fsp3) is 0.364. The van der Waals surface area contributed by atoms with Crippen molar-refractivity contribution in [2.75, 3.05) is 23.3 Å². The minimum atomic E-state index is -0.127. The van der Waals surface area contributed by atoms with Crippen LogP contribution in [-0.2, 0) is 11.3 Å². The molecule has 5 nitrogen and oxygen atoms in total. The summed E-state index contributed by atoms with van der Waals surface area (Å²) < 4.78 is 0. The largest absolute Gasteiger partial charge is 0.372 e. The number of nitrogens with zero attached hydrogens (tertiary/aromatic N) is 1. The minimum Gasteiger partial charge on any atom is -0.372 e. The average molecular weight is 363 g/mol. The van der Waals surface area contributed by atoms with Gasteiger partial charge in [0.25, 0.3) is 5.91 Å². The second-order valence-electron chi connectivity index (χ2n) is 7.38.